The molecule has 0 rings (SSSR count). The van der Waals surface area contributed by atoms with Gasteiger partial charge in [-0.3, -0.25) is 0 Å². The van der Waals surface area contributed by atoms with Crippen molar-refractivity contribution in [3.8, 4) is 0 Å². The van der Waals surface area contributed by atoms with Gasteiger partial charge in [0.05, 0.1) is 0 Å². The monoisotopic (exact) mass is 352 g/mol. The van der Waals surface area contributed by atoms with Gasteiger partial charge in [0.2, 0.25) is 0 Å². The molecule has 1 amide bonds. The summed E-state index contributed by atoms with van der Waals surface area (Å²) in [7, 11) is 0. The Labute approximate surface area is 146 Å². The average Bonchev–Trinajstić information content (AvgIpc) is 2.28. The van der Waals surface area contributed by atoms with E-state index in [9.17, 15) is 9.59 Å². The van der Waals surface area contributed by atoms with Crippen LogP contribution < -0.4 is 11.1 Å². The number of unbranched alkanes of at least 4 members (excludes halogenated alkanes) is 2. The number of nitrogens with two attached hydrogens (primary N) is 1. The molecule has 0 fully saturated rings. The van der Waals surface area contributed by atoms with Gasteiger partial charge < -0.3 is 20.5 Å². The van der Waals surface area contributed by atoms with Crippen LogP contribution in [-0.2, 0) is 14.3 Å². The summed E-state index contributed by atoms with van der Waals surface area (Å²) < 4.78 is 10.6. The molecule has 3 N–H and O–H groups in total. The lowest BCUT2D eigenvalue weighted by atomic mass is 10.1. The van der Waals surface area contributed by atoms with Crippen molar-refractivity contribution in [1.29, 1.82) is 0 Å². The molecule has 0 aromatic heterocycles. The van der Waals surface area contributed by atoms with Gasteiger partial charge in [0.15, 0.2) is 0 Å². The van der Waals surface area contributed by atoms with Crippen LogP contribution in [0.15, 0.2) is 0 Å². The van der Waals surface area contributed by atoms with Crippen LogP contribution in [0, 0.1) is 0 Å². The summed E-state index contributed by atoms with van der Waals surface area (Å²) in [6, 6.07) is -0.702. The van der Waals surface area contributed by atoms with E-state index in [1.54, 1.807) is 41.5 Å². The fraction of sp³-hybridized carbons (Fsp3) is 0.875. The fourth-order valence-corrected chi connectivity index (χ4v) is 1.74. The Morgan fingerprint density at radius 3 is 1.91 bits per heavy atom. The highest BCUT2D eigenvalue weighted by atomic mass is 35.5. The maximum Gasteiger partial charge on any atom is 0.408 e. The van der Waals surface area contributed by atoms with Crippen LogP contribution >= 0.6 is 12.4 Å². The molecule has 0 aliphatic rings. The largest absolute Gasteiger partial charge is 0.458 e. The van der Waals surface area contributed by atoms with Gasteiger partial charge >= 0.3 is 12.1 Å². The Kier molecular flexibility index (Phi) is 11.3. The summed E-state index contributed by atoms with van der Waals surface area (Å²) in [5.41, 5.74) is 4.25. The van der Waals surface area contributed by atoms with Gasteiger partial charge in [0, 0.05) is 0 Å². The molecule has 138 valence electrons. The Hall–Kier alpha value is -1.01. The minimum absolute atomic E-state index is 0. The van der Waals surface area contributed by atoms with E-state index in [0.29, 0.717) is 13.0 Å². The molecule has 0 aromatic rings. The lowest BCUT2D eigenvalue weighted by Crippen LogP contribution is -2.46. The highest BCUT2D eigenvalue weighted by Crippen LogP contribution is 2.13. The second-order valence-corrected chi connectivity index (χ2v) is 7.37. The van der Waals surface area contributed by atoms with Gasteiger partial charge in [-0.15, -0.1) is 12.4 Å². The Morgan fingerprint density at radius 1 is 0.957 bits per heavy atom. The van der Waals surface area contributed by atoms with E-state index in [1.807, 2.05) is 0 Å². The van der Waals surface area contributed by atoms with E-state index < -0.39 is 29.3 Å². The lowest BCUT2D eigenvalue weighted by Gasteiger charge is -2.26. The molecule has 0 aliphatic carbocycles. The van der Waals surface area contributed by atoms with E-state index >= 15 is 0 Å². The van der Waals surface area contributed by atoms with E-state index in [1.165, 1.54) is 0 Å². The maximum atomic E-state index is 12.2. The quantitative estimate of drug-likeness (QED) is 0.542. The molecule has 0 aliphatic heterocycles. The number of ether oxygens (including phenoxy) is 2. The van der Waals surface area contributed by atoms with Gasteiger partial charge in [-0.25, -0.2) is 9.59 Å². The molecule has 0 bridgehead atoms. The first kappa shape index (κ1) is 24.2. The highest BCUT2D eigenvalue weighted by Gasteiger charge is 2.28. The van der Waals surface area contributed by atoms with E-state index in [-0.39, 0.29) is 12.4 Å². The standard InChI is InChI=1S/C16H32N2O4.ClH/c1-15(2,3)21-13(19)12(10-8-7-9-11-17)18-14(20)22-16(4,5)6;/h12H,7-11,17H2,1-6H3,(H,18,20);1H. The van der Waals surface area contributed by atoms with Gasteiger partial charge in [-0.2, -0.15) is 0 Å². The summed E-state index contributed by atoms with van der Waals surface area (Å²) in [4.78, 5) is 24.1. The summed E-state index contributed by atoms with van der Waals surface area (Å²) in [5, 5.41) is 2.61. The molecule has 0 radical (unpaired) electrons. The zero-order chi connectivity index (χ0) is 17.4. The van der Waals surface area contributed by atoms with Crippen molar-refractivity contribution < 1.29 is 19.1 Å². The molecule has 0 saturated heterocycles. The molecule has 1 unspecified atom stereocenters. The second-order valence-electron chi connectivity index (χ2n) is 7.37. The molecule has 0 heterocycles. The minimum atomic E-state index is -0.702. The van der Waals surface area contributed by atoms with E-state index in [4.69, 9.17) is 15.2 Å². The SMILES string of the molecule is CC(C)(C)OC(=O)NC(CCCCCN)C(=O)OC(C)(C)C.Cl. The lowest BCUT2D eigenvalue weighted by molar-refractivity contribution is -0.157. The number of rotatable bonds is 7. The summed E-state index contributed by atoms with van der Waals surface area (Å²) in [5.74, 6) is -0.439. The molecule has 0 saturated carbocycles. The third kappa shape index (κ3) is 14.3. The Bertz CT molecular complexity index is 362. The van der Waals surface area contributed by atoms with Crippen LogP contribution in [0.4, 0.5) is 4.79 Å². The topological polar surface area (TPSA) is 90.6 Å². The molecule has 6 nitrogen and oxygen atoms in total. The highest BCUT2D eigenvalue weighted by molar-refractivity contribution is 5.85. The van der Waals surface area contributed by atoms with Crippen LogP contribution in [0.3, 0.4) is 0 Å². The number of carbonyl (C=O) groups excluding carboxylic acids is 2. The van der Waals surface area contributed by atoms with Crippen molar-refractivity contribution in [2.75, 3.05) is 6.54 Å². The maximum absolute atomic E-state index is 12.2. The zero-order valence-corrected chi connectivity index (χ0v) is 16.0. The number of carbonyl (C=O) groups is 2. The zero-order valence-electron chi connectivity index (χ0n) is 15.2. The molecular formula is C16H33ClN2O4. The van der Waals surface area contributed by atoms with Crippen molar-refractivity contribution in [3.63, 3.8) is 0 Å². The van der Waals surface area contributed by atoms with Crippen LogP contribution in [0.2, 0.25) is 0 Å². The number of halogens is 1. The minimum Gasteiger partial charge on any atom is -0.458 e. The number of alkyl carbamates (subject to hydrolysis) is 1. The van der Waals surface area contributed by atoms with Crippen molar-refractivity contribution in [1.82, 2.24) is 5.32 Å². The van der Waals surface area contributed by atoms with E-state index in [0.717, 1.165) is 19.3 Å². The first-order chi connectivity index (χ1) is 9.94. The van der Waals surface area contributed by atoms with Crippen LogP contribution in [0.5, 0.6) is 0 Å². The van der Waals surface area contributed by atoms with Gasteiger partial charge in [-0.1, -0.05) is 12.8 Å². The normalized spacial score (nSPS) is 12.8. The third-order valence-electron chi connectivity index (χ3n) is 2.58. The number of hydrogen-bond donors (Lipinski definition) is 2. The molecular weight excluding hydrogens is 320 g/mol. The van der Waals surface area contributed by atoms with Crippen LogP contribution in [0.1, 0.15) is 67.2 Å². The predicted molar refractivity (Wildman–Crippen MR) is 93.8 cm³/mol. The molecule has 0 spiro atoms. The number of hydrogen-bond acceptors (Lipinski definition) is 5. The molecule has 0 aromatic carbocycles. The smallest absolute Gasteiger partial charge is 0.408 e. The van der Waals surface area contributed by atoms with Gasteiger partial charge in [0.1, 0.15) is 17.2 Å². The second kappa shape index (κ2) is 10.7. The first-order valence-corrected chi connectivity index (χ1v) is 7.87. The molecule has 23 heavy (non-hydrogen) atoms. The van der Waals surface area contributed by atoms with Crippen LogP contribution in [0.25, 0.3) is 0 Å². The molecule has 1 atom stereocenters. The first-order valence-electron chi connectivity index (χ1n) is 7.87. The Balaban J connectivity index is 0. The number of esters is 1. The van der Waals surface area contributed by atoms with Crippen LogP contribution in [-0.4, -0.2) is 35.9 Å². The Morgan fingerprint density at radius 2 is 1.48 bits per heavy atom. The summed E-state index contributed by atoms with van der Waals surface area (Å²) in [6.45, 7) is 11.3. The number of nitrogens with one attached hydrogen (secondary N) is 1. The average molecular weight is 353 g/mol. The van der Waals surface area contributed by atoms with E-state index in [2.05, 4.69) is 5.32 Å². The van der Waals surface area contributed by atoms with Gasteiger partial charge in [-0.05, 0) is 60.9 Å². The van der Waals surface area contributed by atoms with Crippen molar-refractivity contribution in [2.24, 2.45) is 5.73 Å². The summed E-state index contributed by atoms with van der Waals surface area (Å²) in [6.07, 6.45) is 2.49. The predicted octanol–water partition coefficient (Wildman–Crippen LogP) is 3.16. The third-order valence-corrected chi connectivity index (χ3v) is 2.58. The van der Waals surface area contributed by atoms with Gasteiger partial charge in [0.25, 0.3) is 0 Å². The number of amides is 1. The van der Waals surface area contributed by atoms with Crippen molar-refractivity contribution >= 4 is 24.5 Å². The fourth-order valence-electron chi connectivity index (χ4n) is 1.74. The summed E-state index contributed by atoms with van der Waals surface area (Å²) >= 11 is 0. The van der Waals surface area contributed by atoms with Crippen molar-refractivity contribution in [3.05, 3.63) is 0 Å². The van der Waals surface area contributed by atoms with Crippen molar-refractivity contribution in [2.45, 2.75) is 84.5 Å². The molecule has 7 heteroatoms.